The number of thiophene rings is 1. The van der Waals surface area contributed by atoms with Crippen LogP contribution in [0.2, 0.25) is 0 Å². The third-order valence-electron chi connectivity index (χ3n) is 5.28. The van der Waals surface area contributed by atoms with Crippen LogP contribution in [-0.2, 0) is 11.3 Å². The third kappa shape index (κ3) is 4.23. The summed E-state index contributed by atoms with van der Waals surface area (Å²) in [6.45, 7) is 6.20. The van der Waals surface area contributed by atoms with E-state index in [9.17, 15) is 14.4 Å². The zero-order chi connectivity index (χ0) is 23.5. The van der Waals surface area contributed by atoms with Gasteiger partial charge in [0.1, 0.15) is 16.9 Å². The maximum absolute atomic E-state index is 13.4. The van der Waals surface area contributed by atoms with Crippen LogP contribution in [0.4, 0.5) is 0 Å². The lowest BCUT2D eigenvalue weighted by Crippen LogP contribution is -2.33. The van der Waals surface area contributed by atoms with Crippen molar-refractivity contribution in [3.8, 4) is 0 Å². The Balaban J connectivity index is 2.15. The molecule has 0 bridgehead atoms. The van der Waals surface area contributed by atoms with Crippen molar-refractivity contribution < 1.29 is 14.3 Å². The van der Waals surface area contributed by atoms with Gasteiger partial charge in [0, 0.05) is 12.7 Å². The molecule has 0 atom stereocenters. The van der Waals surface area contributed by atoms with Crippen molar-refractivity contribution in [3.63, 3.8) is 0 Å². The maximum Gasteiger partial charge on any atom is 0.341 e. The van der Waals surface area contributed by atoms with E-state index in [0.29, 0.717) is 22.7 Å². The lowest BCUT2D eigenvalue weighted by molar-refractivity contribution is 0.0523. The minimum Gasteiger partial charge on any atom is -0.462 e. The minimum atomic E-state index is -0.642. The zero-order valence-corrected chi connectivity index (χ0v) is 19.5. The molecule has 0 N–H and O–H groups in total. The highest BCUT2D eigenvalue weighted by Gasteiger charge is 2.20. The van der Waals surface area contributed by atoms with Crippen molar-refractivity contribution in [1.82, 2.24) is 14.0 Å². The highest BCUT2D eigenvalue weighted by Crippen LogP contribution is 2.15. The predicted octanol–water partition coefficient (Wildman–Crippen LogP) is 3.74. The second-order valence-corrected chi connectivity index (χ2v) is 8.49. The molecule has 0 aliphatic carbocycles. The van der Waals surface area contributed by atoms with Crippen molar-refractivity contribution in [2.24, 2.45) is 4.99 Å². The molecule has 4 aromatic heterocycles. The molecule has 0 radical (unpaired) electrons. The van der Waals surface area contributed by atoms with Gasteiger partial charge in [-0.25, -0.2) is 9.78 Å². The van der Waals surface area contributed by atoms with Gasteiger partial charge in [0.2, 0.25) is 0 Å². The smallest absolute Gasteiger partial charge is 0.341 e. The molecular formula is C24H24N4O4S. The van der Waals surface area contributed by atoms with E-state index in [4.69, 9.17) is 9.72 Å². The van der Waals surface area contributed by atoms with Crippen LogP contribution >= 0.6 is 11.3 Å². The average molecular weight is 465 g/mol. The van der Waals surface area contributed by atoms with E-state index >= 15 is 0 Å². The van der Waals surface area contributed by atoms with Gasteiger partial charge in [0.05, 0.1) is 16.9 Å². The Bertz CT molecular complexity index is 1480. The average Bonchev–Trinajstić information content (AvgIpc) is 3.34. The van der Waals surface area contributed by atoms with Crippen molar-refractivity contribution in [2.75, 3.05) is 6.61 Å². The van der Waals surface area contributed by atoms with Crippen molar-refractivity contribution >= 4 is 39.9 Å². The number of aromatic nitrogens is 3. The van der Waals surface area contributed by atoms with Gasteiger partial charge in [0.25, 0.3) is 11.5 Å². The number of unbranched alkanes of at least 4 members (excludes halogenated alkanes) is 1. The second kappa shape index (κ2) is 9.50. The van der Waals surface area contributed by atoms with E-state index in [1.807, 2.05) is 19.9 Å². The number of fused-ring (bicyclic) bond motifs is 2. The van der Waals surface area contributed by atoms with Crippen molar-refractivity contribution in [1.29, 1.82) is 0 Å². The lowest BCUT2D eigenvalue weighted by Gasteiger charge is -2.15. The molecule has 0 fully saturated rings. The first-order valence-electron chi connectivity index (χ1n) is 10.8. The fourth-order valence-electron chi connectivity index (χ4n) is 3.65. The Labute approximate surface area is 193 Å². The monoisotopic (exact) mass is 464 g/mol. The number of ether oxygens (including phenoxy) is 1. The zero-order valence-electron chi connectivity index (χ0n) is 18.7. The topological polar surface area (TPSA) is 95.0 Å². The first-order valence-corrected chi connectivity index (χ1v) is 11.7. The molecule has 4 rings (SSSR count). The van der Waals surface area contributed by atoms with Crippen LogP contribution in [0, 0.1) is 6.92 Å². The van der Waals surface area contributed by atoms with Gasteiger partial charge in [-0.05, 0) is 49.4 Å². The lowest BCUT2D eigenvalue weighted by atomic mass is 10.2. The van der Waals surface area contributed by atoms with Gasteiger partial charge in [-0.15, -0.1) is 11.3 Å². The highest BCUT2D eigenvalue weighted by atomic mass is 32.1. The number of hydrogen-bond donors (Lipinski definition) is 0. The van der Waals surface area contributed by atoms with Crippen LogP contribution in [-0.4, -0.2) is 32.4 Å². The molecule has 1 amide bonds. The fraction of sp³-hybridized carbons (Fsp3) is 0.292. The summed E-state index contributed by atoms with van der Waals surface area (Å²) in [6.07, 6.45) is 3.26. The molecule has 0 aromatic carbocycles. The number of rotatable bonds is 6. The van der Waals surface area contributed by atoms with Gasteiger partial charge in [0.15, 0.2) is 5.49 Å². The van der Waals surface area contributed by atoms with Crippen LogP contribution in [0.3, 0.4) is 0 Å². The van der Waals surface area contributed by atoms with Crippen molar-refractivity contribution in [3.05, 3.63) is 73.8 Å². The van der Waals surface area contributed by atoms with Crippen LogP contribution in [0.1, 0.15) is 52.3 Å². The minimum absolute atomic E-state index is 0.0665. The van der Waals surface area contributed by atoms with Gasteiger partial charge >= 0.3 is 5.97 Å². The largest absolute Gasteiger partial charge is 0.462 e. The summed E-state index contributed by atoms with van der Waals surface area (Å²) in [6, 6.07) is 8.54. The Kier molecular flexibility index (Phi) is 6.50. The van der Waals surface area contributed by atoms with E-state index in [0.717, 1.165) is 18.4 Å². The quantitative estimate of drug-likeness (QED) is 0.320. The van der Waals surface area contributed by atoms with Crippen LogP contribution in [0.25, 0.3) is 16.7 Å². The third-order valence-corrected chi connectivity index (χ3v) is 6.13. The number of carbonyl (C=O) groups excluding carboxylic acids is 2. The summed E-state index contributed by atoms with van der Waals surface area (Å²) < 4.78 is 8.41. The first kappa shape index (κ1) is 22.6. The Morgan fingerprint density at radius 3 is 2.70 bits per heavy atom. The summed E-state index contributed by atoms with van der Waals surface area (Å²) in [7, 11) is 0. The van der Waals surface area contributed by atoms with Crippen molar-refractivity contribution in [2.45, 2.75) is 40.2 Å². The van der Waals surface area contributed by atoms with Crippen LogP contribution < -0.4 is 11.0 Å². The fourth-order valence-corrected chi connectivity index (χ4v) is 4.25. The number of aryl methyl sites for hydroxylation is 2. The maximum atomic E-state index is 13.4. The molecule has 8 nitrogen and oxygen atoms in total. The normalized spacial score (nSPS) is 11.9. The molecule has 0 saturated carbocycles. The van der Waals surface area contributed by atoms with Crippen LogP contribution in [0.5, 0.6) is 0 Å². The Morgan fingerprint density at radius 1 is 1.18 bits per heavy atom. The summed E-state index contributed by atoms with van der Waals surface area (Å²) in [5.41, 5.74) is 1.65. The molecule has 170 valence electrons. The standard InChI is InChI=1S/C24H24N4O4S/c1-4-6-11-27-20-16(23(30)28-12-7-9-15(3)19(28)25-20)14-17(24(31)32-5-2)21(27)26-22(29)18-10-8-13-33-18/h7-10,12-14H,4-6,11H2,1-3H3. The first-order chi connectivity index (χ1) is 16.0. The summed E-state index contributed by atoms with van der Waals surface area (Å²) in [5.74, 6) is -1.11. The van der Waals surface area contributed by atoms with E-state index in [1.165, 1.54) is 21.8 Å². The summed E-state index contributed by atoms with van der Waals surface area (Å²) in [5, 5.41) is 2.05. The number of esters is 1. The van der Waals surface area contributed by atoms with E-state index < -0.39 is 11.9 Å². The molecule has 33 heavy (non-hydrogen) atoms. The van der Waals surface area contributed by atoms with Crippen LogP contribution in [0.15, 0.2) is 51.7 Å². The van der Waals surface area contributed by atoms with E-state index in [2.05, 4.69) is 4.99 Å². The van der Waals surface area contributed by atoms with E-state index in [-0.39, 0.29) is 28.6 Å². The number of nitrogens with zero attached hydrogens (tertiary/aromatic N) is 4. The van der Waals surface area contributed by atoms with Gasteiger partial charge in [-0.1, -0.05) is 25.5 Å². The predicted molar refractivity (Wildman–Crippen MR) is 127 cm³/mol. The molecule has 0 aliphatic rings. The Morgan fingerprint density at radius 2 is 2.00 bits per heavy atom. The number of pyridine rings is 2. The number of hydrogen-bond acceptors (Lipinski definition) is 6. The number of amides is 1. The molecule has 0 aliphatic heterocycles. The van der Waals surface area contributed by atoms with Gasteiger partial charge in [-0.2, -0.15) is 4.99 Å². The molecular weight excluding hydrogens is 440 g/mol. The molecule has 4 aromatic rings. The number of carbonyl (C=O) groups is 2. The molecule has 0 spiro atoms. The van der Waals surface area contributed by atoms with Gasteiger partial charge in [-0.3, -0.25) is 14.0 Å². The SMILES string of the molecule is CCCCn1c(=NC(=O)c2cccs2)c(C(=O)OCC)cc2c(=O)n3cccc(C)c3nc21. The molecule has 0 unspecified atom stereocenters. The molecule has 9 heteroatoms. The molecule has 0 saturated heterocycles. The Hall–Kier alpha value is -3.59. The summed E-state index contributed by atoms with van der Waals surface area (Å²) >= 11 is 1.27. The second-order valence-electron chi connectivity index (χ2n) is 7.54. The van der Waals surface area contributed by atoms with E-state index in [1.54, 1.807) is 41.3 Å². The van der Waals surface area contributed by atoms with Gasteiger partial charge < -0.3 is 9.30 Å². The molecule has 4 heterocycles. The highest BCUT2D eigenvalue weighted by molar-refractivity contribution is 7.12. The summed E-state index contributed by atoms with van der Waals surface area (Å²) in [4.78, 5) is 48.7.